The molecule has 2 rings (SSSR count). The van der Waals surface area contributed by atoms with Gasteiger partial charge in [-0.05, 0) is 22.6 Å². The van der Waals surface area contributed by atoms with Crippen molar-refractivity contribution >= 4 is 40.7 Å². The predicted octanol–water partition coefficient (Wildman–Crippen LogP) is 0.449. The fourth-order valence-electron chi connectivity index (χ4n) is 0.996. The summed E-state index contributed by atoms with van der Waals surface area (Å²) in [6, 6.07) is 0. The van der Waals surface area contributed by atoms with E-state index in [1.807, 2.05) is 0 Å². The summed E-state index contributed by atoms with van der Waals surface area (Å²) in [6.45, 7) is 0. The molecule has 5 heteroatoms. The number of halogens is 1. The van der Waals surface area contributed by atoms with Crippen LogP contribution in [0.25, 0.3) is 0 Å². The number of carbonyl (C=O) groups excluding carboxylic acids is 1. The molecule has 0 aromatic heterocycles. The van der Waals surface area contributed by atoms with Crippen molar-refractivity contribution in [1.29, 1.82) is 0 Å². The fourth-order valence-corrected chi connectivity index (χ4v) is 1.70. The molecule has 0 aromatic carbocycles. The Kier molecular flexibility index (Phi) is 1.52. The molecule has 11 heavy (non-hydrogen) atoms. The van der Waals surface area contributed by atoms with Crippen LogP contribution >= 0.6 is 22.6 Å². The van der Waals surface area contributed by atoms with Crippen LogP contribution in [0.4, 0.5) is 0 Å². The smallest absolute Gasteiger partial charge is 0.240 e. The number of rotatable bonds is 0. The third-order valence-corrected chi connectivity index (χ3v) is 2.42. The SMILES string of the molecule is O=C1NC=NC2=NC=C(I)C12. The topological polar surface area (TPSA) is 53.8 Å². The van der Waals surface area contributed by atoms with E-state index < -0.39 is 0 Å². The Labute approximate surface area is 76.6 Å². The van der Waals surface area contributed by atoms with Gasteiger partial charge in [0.05, 0.1) is 6.34 Å². The molecule has 1 atom stereocenters. The highest BCUT2D eigenvalue weighted by Crippen LogP contribution is 2.27. The maximum Gasteiger partial charge on any atom is 0.240 e. The van der Waals surface area contributed by atoms with Gasteiger partial charge in [0.1, 0.15) is 11.8 Å². The molecule has 2 heterocycles. The van der Waals surface area contributed by atoms with Crippen molar-refractivity contribution in [2.45, 2.75) is 0 Å². The van der Waals surface area contributed by atoms with Crippen molar-refractivity contribution in [3.8, 4) is 0 Å². The van der Waals surface area contributed by atoms with Crippen molar-refractivity contribution in [2.75, 3.05) is 0 Å². The van der Waals surface area contributed by atoms with Crippen molar-refractivity contribution in [2.24, 2.45) is 15.9 Å². The van der Waals surface area contributed by atoms with E-state index in [1.54, 1.807) is 6.20 Å². The lowest BCUT2D eigenvalue weighted by Gasteiger charge is -2.13. The van der Waals surface area contributed by atoms with Crippen LogP contribution in [0.5, 0.6) is 0 Å². The summed E-state index contributed by atoms with van der Waals surface area (Å²) in [6.07, 6.45) is 3.05. The van der Waals surface area contributed by atoms with E-state index in [0.717, 1.165) is 3.58 Å². The van der Waals surface area contributed by atoms with Crippen LogP contribution in [0.3, 0.4) is 0 Å². The number of amides is 1. The number of hydrogen-bond acceptors (Lipinski definition) is 3. The monoisotopic (exact) mass is 261 g/mol. The van der Waals surface area contributed by atoms with Crippen molar-refractivity contribution in [1.82, 2.24) is 5.32 Å². The molecule has 0 saturated heterocycles. The number of nitrogens with one attached hydrogen (secondary N) is 1. The Morgan fingerprint density at radius 3 is 3.18 bits per heavy atom. The van der Waals surface area contributed by atoms with Crippen LogP contribution in [0, 0.1) is 5.92 Å². The van der Waals surface area contributed by atoms with Gasteiger partial charge in [0.15, 0.2) is 0 Å². The summed E-state index contributed by atoms with van der Waals surface area (Å²) in [5, 5.41) is 2.53. The zero-order chi connectivity index (χ0) is 7.84. The Hall–Kier alpha value is -0.720. The third kappa shape index (κ3) is 0.991. The van der Waals surface area contributed by atoms with E-state index in [-0.39, 0.29) is 11.8 Å². The molecule has 1 N–H and O–H groups in total. The summed E-state index contributed by atoms with van der Waals surface area (Å²) < 4.78 is 0.923. The van der Waals surface area contributed by atoms with Crippen molar-refractivity contribution in [3.63, 3.8) is 0 Å². The number of amidine groups is 1. The van der Waals surface area contributed by atoms with E-state index in [9.17, 15) is 4.79 Å². The minimum atomic E-state index is -0.249. The molecule has 0 radical (unpaired) electrons. The van der Waals surface area contributed by atoms with Crippen molar-refractivity contribution in [3.05, 3.63) is 9.78 Å². The maximum absolute atomic E-state index is 11.2. The first kappa shape index (κ1) is 6.96. The summed E-state index contributed by atoms with van der Waals surface area (Å²) >= 11 is 2.09. The highest BCUT2D eigenvalue weighted by atomic mass is 127. The summed E-state index contributed by atoms with van der Waals surface area (Å²) in [4.78, 5) is 19.1. The Bertz CT molecular complexity index is 305. The van der Waals surface area contributed by atoms with Gasteiger partial charge >= 0.3 is 0 Å². The van der Waals surface area contributed by atoms with E-state index in [0.29, 0.717) is 5.84 Å². The molecule has 1 unspecified atom stereocenters. The number of fused-ring (bicyclic) bond motifs is 1. The first-order valence-corrected chi connectivity index (χ1v) is 4.13. The van der Waals surface area contributed by atoms with Crippen LogP contribution in [0.1, 0.15) is 0 Å². The van der Waals surface area contributed by atoms with Gasteiger partial charge < -0.3 is 5.32 Å². The molecular formula is C6H4IN3O. The standard InChI is InChI=1S/C6H4IN3O/c7-3-1-8-5-4(3)6(11)10-2-9-5/h1-2,4H,(H,8,9,10,11). The average Bonchev–Trinajstić information content (AvgIpc) is 2.34. The second-order valence-electron chi connectivity index (χ2n) is 2.20. The minimum absolute atomic E-state index is 0.0445. The van der Waals surface area contributed by atoms with Crippen LogP contribution < -0.4 is 5.32 Å². The minimum Gasteiger partial charge on any atom is -0.316 e. The highest BCUT2D eigenvalue weighted by molar-refractivity contribution is 14.1. The molecule has 0 spiro atoms. The Balaban J connectivity index is 2.42. The second kappa shape index (κ2) is 2.40. The lowest BCUT2D eigenvalue weighted by molar-refractivity contribution is -0.120. The van der Waals surface area contributed by atoms with Crippen LogP contribution in [0.15, 0.2) is 19.8 Å². The second-order valence-corrected chi connectivity index (χ2v) is 3.45. The average molecular weight is 261 g/mol. The molecule has 56 valence electrons. The molecule has 0 bridgehead atoms. The number of carbonyl (C=O) groups is 1. The molecular weight excluding hydrogens is 257 g/mol. The number of aliphatic imine (C=N–C) groups is 2. The maximum atomic E-state index is 11.2. The molecule has 1 amide bonds. The first-order chi connectivity index (χ1) is 5.29. The number of hydrogen-bond donors (Lipinski definition) is 1. The molecule has 4 nitrogen and oxygen atoms in total. The molecule has 0 saturated carbocycles. The van der Waals surface area contributed by atoms with E-state index in [4.69, 9.17) is 0 Å². The summed E-state index contributed by atoms with van der Waals surface area (Å²) in [7, 11) is 0. The van der Waals surface area contributed by atoms with E-state index >= 15 is 0 Å². The van der Waals surface area contributed by atoms with Gasteiger partial charge in [0, 0.05) is 9.78 Å². The zero-order valence-electron chi connectivity index (χ0n) is 5.41. The normalized spacial score (nSPS) is 27.4. The lowest BCUT2D eigenvalue weighted by atomic mass is 10.1. The Morgan fingerprint density at radius 2 is 2.45 bits per heavy atom. The van der Waals surface area contributed by atoms with Crippen LogP contribution in [0.2, 0.25) is 0 Å². The van der Waals surface area contributed by atoms with Crippen LogP contribution in [-0.4, -0.2) is 18.1 Å². The largest absolute Gasteiger partial charge is 0.316 e. The van der Waals surface area contributed by atoms with Gasteiger partial charge in [0.25, 0.3) is 0 Å². The van der Waals surface area contributed by atoms with E-state index in [2.05, 4.69) is 37.9 Å². The van der Waals surface area contributed by atoms with Gasteiger partial charge in [-0.3, -0.25) is 4.79 Å². The lowest BCUT2D eigenvalue weighted by Crippen LogP contribution is -2.37. The number of nitrogens with zero attached hydrogens (tertiary/aromatic N) is 2. The van der Waals surface area contributed by atoms with Gasteiger partial charge in [0.2, 0.25) is 5.91 Å². The van der Waals surface area contributed by atoms with Gasteiger partial charge in [-0.1, -0.05) is 0 Å². The highest BCUT2D eigenvalue weighted by Gasteiger charge is 2.32. The molecule has 0 aliphatic carbocycles. The van der Waals surface area contributed by atoms with E-state index in [1.165, 1.54) is 6.34 Å². The molecule has 2 aliphatic rings. The zero-order valence-corrected chi connectivity index (χ0v) is 7.57. The first-order valence-electron chi connectivity index (χ1n) is 3.05. The predicted molar refractivity (Wildman–Crippen MR) is 49.7 cm³/mol. The third-order valence-electron chi connectivity index (χ3n) is 1.52. The summed E-state index contributed by atoms with van der Waals surface area (Å²) in [5.74, 6) is 0.302. The van der Waals surface area contributed by atoms with Crippen LogP contribution in [-0.2, 0) is 4.79 Å². The van der Waals surface area contributed by atoms with Gasteiger partial charge in [-0.25, -0.2) is 9.98 Å². The van der Waals surface area contributed by atoms with Gasteiger partial charge in [-0.15, -0.1) is 0 Å². The molecule has 0 fully saturated rings. The fraction of sp³-hybridized carbons (Fsp3) is 0.167. The quantitative estimate of drug-likeness (QED) is 0.632. The molecule has 0 aromatic rings. The summed E-state index contributed by atoms with van der Waals surface area (Å²) in [5.41, 5.74) is 0. The van der Waals surface area contributed by atoms with Crippen molar-refractivity contribution < 1.29 is 4.79 Å². The Morgan fingerprint density at radius 1 is 1.64 bits per heavy atom. The van der Waals surface area contributed by atoms with Gasteiger partial charge in [-0.2, -0.15) is 0 Å². The molecule has 2 aliphatic heterocycles.